The number of nitrogens with one attached hydrogen (secondary N) is 1. The zero-order valence-corrected chi connectivity index (χ0v) is 17.3. The monoisotopic (exact) mass is 425 g/mol. The topological polar surface area (TPSA) is 44.8 Å². The van der Waals surface area contributed by atoms with Gasteiger partial charge in [-0.15, -0.1) is 11.3 Å². The van der Waals surface area contributed by atoms with Crippen LogP contribution >= 0.6 is 34.5 Å². The minimum Gasteiger partial charge on any atom is -0.354 e. The maximum absolute atomic E-state index is 12.2. The molecule has 3 heterocycles. The zero-order chi connectivity index (χ0) is 19.0. The summed E-state index contributed by atoms with van der Waals surface area (Å²) in [4.78, 5) is 17.2. The van der Waals surface area contributed by atoms with Gasteiger partial charge in [0.2, 0.25) is 0 Å². The highest BCUT2D eigenvalue weighted by Crippen LogP contribution is 2.33. The molecule has 0 radical (unpaired) electrons. The highest BCUT2D eigenvalue weighted by molar-refractivity contribution is 7.17. The van der Waals surface area contributed by atoms with Crippen LogP contribution in [0.4, 0.5) is 5.69 Å². The lowest BCUT2D eigenvalue weighted by Crippen LogP contribution is -2.34. The minimum atomic E-state index is -0.120. The normalized spacial score (nSPS) is 20.0. The number of likely N-dealkylation sites (N-methyl/N-ethyl adjacent to an activating group) is 1. The summed E-state index contributed by atoms with van der Waals surface area (Å²) < 4.78 is 6.46. The van der Waals surface area contributed by atoms with Crippen molar-refractivity contribution in [1.82, 2.24) is 10.2 Å². The first-order chi connectivity index (χ1) is 13.0. The highest BCUT2D eigenvalue weighted by Gasteiger charge is 2.27. The van der Waals surface area contributed by atoms with E-state index in [1.807, 2.05) is 0 Å². The van der Waals surface area contributed by atoms with Gasteiger partial charge in [0.1, 0.15) is 6.73 Å². The molecule has 4 rings (SSSR count). The summed E-state index contributed by atoms with van der Waals surface area (Å²) in [6, 6.07) is 7.74. The number of amides is 1. The number of fused-ring (bicyclic) bond motifs is 1. The Morgan fingerprint density at radius 1 is 1.33 bits per heavy atom. The SMILES string of the molecule is CN1CCc2cc(N3CO[C@@H](CNC(=O)c4ccc(Cl)s4)C3)c(Cl)cc2C1. The van der Waals surface area contributed by atoms with Crippen molar-refractivity contribution in [2.45, 2.75) is 19.1 Å². The van der Waals surface area contributed by atoms with Crippen LogP contribution in [0.5, 0.6) is 0 Å². The van der Waals surface area contributed by atoms with Crippen LogP contribution in [0.1, 0.15) is 20.8 Å². The molecule has 1 fully saturated rings. The fourth-order valence-electron chi connectivity index (χ4n) is 3.52. The number of nitrogens with zero attached hydrogens (tertiary/aromatic N) is 2. The number of hydrogen-bond acceptors (Lipinski definition) is 5. The molecule has 1 N–H and O–H groups in total. The van der Waals surface area contributed by atoms with Gasteiger partial charge >= 0.3 is 0 Å². The fourth-order valence-corrected chi connectivity index (χ4v) is 4.78. The average Bonchev–Trinajstić information content (AvgIpc) is 3.28. The molecule has 1 aromatic heterocycles. The summed E-state index contributed by atoms with van der Waals surface area (Å²) in [6.45, 7) is 3.63. The van der Waals surface area contributed by atoms with Gasteiger partial charge in [0.05, 0.1) is 26.0 Å². The second kappa shape index (κ2) is 7.97. The van der Waals surface area contributed by atoms with Gasteiger partial charge in [-0.3, -0.25) is 4.79 Å². The van der Waals surface area contributed by atoms with Crippen molar-refractivity contribution in [3.05, 3.63) is 49.6 Å². The lowest BCUT2D eigenvalue weighted by molar-refractivity contribution is 0.0875. The summed E-state index contributed by atoms with van der Waals surface area (Å²) in [5.74, 6) is -0.120. The van der Waals surface area contributed by atoms with E-state index in [0.717, 1.165) is 30.2 Å². The molecule has 0 bridgehead atoms. The Labute approximate surface area is 172 Å². The van der Waals surface area contributed by atoms with Gasteiger partial charge in [-0.2, -0.15) is 0 Å². The van der Waals surface area contributed by atoms with E-state index in [1.165, 1.54) is 22.5 Å². The molecule has 0 aliphatic carbocycles. The zero-order valence-electron chi connectivity index (χ0n) is 15.0. The molecule has 2 aromatic rings. The van der Waals surface area contributed by atoms with Crippen molar-refractivity contribution in [3.63, 3.8) is 0 Å². The van der Waals surface area contributed by atoms with Gasteiger partial charge < -0.3 is 19.9 Å². The van der Waals surface area contributed by atoms with Gasteiger partial charge in [-0.1, -0.05) is 23.2 Å². The number of ether oxygens (including phenoxy) is 1. The van der Waals surface area contributed by atoms with Crippen LogP contribution in [0.2, 0.25) is 9.36 Å². The van der Waals surface area contributed by atoms with Crippen LogP contribution in [0, 0.1) is 0 Å². The molecular formula is C19H21Cl2N3O2S. The van der Waals surface area contributed by atoms with Crippen molar-refractivity contribution < 1.29 is 9.53 Å². The van der Waals surface area contributed by atoms with E-state index in [1.54, 1.807) is 12.1 Å². The third-order valence-electron chi connectivity index (χ3n) is 4.99. The summed E-state index contributed by atoms with van der Waals surface area (Å²) in [5.41, 5.74) is 3.67. The Balaban J connectivity index is 1.37. The number of rotatable bonds is 4. The number of thiophene rings is 1. The van der Waals surface area contributed by atoms with Crippen molar-refractivity contribution >= 4 is 46.1 Å². The van der Waals surface area contributed by atoms with E-state index in [9.17, 15) is 4.79 Å². The van der Waals surface area contributed by atoms with E-state index in [0.29, 0.717) is 29.0 Å². The molecule has 2 aliphatic heterocycles. The molecule has 1 aromatic carbocycles. The lowest BCUT2D eigenvalue weighted by Gasteiger charge is -2.27. The van der Waals surface area contributed by atoms with Gasteiger partial charge in [0, 0.05) is 26.2 Å². The summed E-state index contributed by atoms with van der Waals surface area (Å²) >= 11 is 13.7. The Morgan fingerprint density at radius 3 is 2.96 bits per heavy atom. The molecule has 1 atom stereocenters. The maximum atomic E-state index is 12.2. The summed E-state index contributed by atoms with van der Waals surface area (Å²) in [5, 5.41) is 3.67. The smallest absolute Gasteiger partial charge is 0.261 e. The van der Waals surface area contributed by atoms with E-state index >= 15 is 0 Å². The molecule has 0 spiro atoms. The van der Waals surface area contributed by atoms with Crippen molar-refractivity contribution in [1.29, 1.82) is 0 Å². The van der Waals surface area contributed by atoms with Crippen molar-refractivity contribution in [2.75, 3.05) is 38.3 Å². The second-order valence-corrected chi connectivity index (χ2v) is 9.14. The lowest BCUT2D eigenvalue weighted by atomic mass is 9.99. The molecule has 2 aliphatic rings. The van der Waals surface area contributed by atoms with Crippen molar-refractivity contribution in [3.8, 4) is 0 Å². The Bertz CT molecular complexity index is 857. The van der Waals surface area contributed by atoms with Gasteiger partial charge in [0.15, 0.2) is 0 Å². The van der Waals surface area contributed by atoms with Crippen LogP contribution in [0.25, 0.3) is 0 Å². The molecular weight excluding hydrogens is 405 g/mol. The third-order valence-corrected chi connectivity index (χ3v) is 6.52. The largest absolute Gasteiger partial charge is 0.354 e. The van der Waals surface area contributed by atoms with Crippen LogP contribution < -0.4 is 10.2 Å². The van der Waals surface area contributed by atoms with Crippen molar-refractivity contribution in [2.24, 2.45) is 0 Å². The van der Waals surface area contributed by atoms with Crippen LogP contribution in [-0.4, -0.2) is 50.3 Å². The van der Waals surface area contributed by atoms with Crippen LogP contribution in [-0.2, 0) is 17.7 Å². The molecule has 1 amide bonds. The third kappa shape index (κ3) is 4.25. The molecule has 5 nitrogen and oxygen atoms in total. The van der Waals surface area contributed by atoms with Gasteiger partial charge in [-0.05, 0) is 48.9 Å². The maximum Gasteiger partial charge on any atom is 0.261 e. The first-order valence-corrected chi connectivity index (χ1v) is 10.5. The number of halogens is 2. The standard InChI is InChI=1S/C19H21Cl2N3O2S/c1-23-5-4-12-7-16(15(20)6-13(12)9-23)24-10-14(26-11-24)8-22-19(25)17-2-3-18(21)27-17/h2-3,6-7,14H,4-5,8-11H2,1H3,(H,22,25)/t14-/m0/s1. The first kappa shape index (κ1) is 19.0. The molecule has 144 valence electrons. The van der Waals surface area contributed by atoms with E-state index in [2.05, 4.69) is 34.3 Å². The first-order valence-electron chi connectivity index (χ1n) is 8.89. The Kier molecular flexibility index (Phi) is 5.62. The van der Waals surface area contributed by atoms with Crippen LogP contribution in [0.3, 0.4) is 0 Å². The molecule has 1 saturated heterocycles. The number of carbonyl (C=O) groups is 1. The Morgan fingerprint density at radius 2 is 2.19 bits per heavy atom. The number of hydrogen-bond donors (Lipinski definition) is 1. The average molecular weight is 426 g/mol. The van der Waals surface area contributed by atoms with E-state index in [-0.39, 0.29) is 12.0 Å². The highest BCUT2D eigenvalue weighted by atomic mass is 35.5. The van der Waals surface area contributed by atoms with Gasteiger partial charge in [0.25, 0.3) is 5.91 Å². The quantitative estimate of drug-likeness (QED) is 0.811. The number of carbonyl (C=O) groups excluding carboxylic acids is 1. The molecule has 0 unspecified atom stereocenters. The molecule has 27 heavy (non-hydrogen) atoms. The number of anilines is 1. The number of benzene rings is 1. The Hall–Kier alpha value is -1.31. The van der Waals surface area contributed by atoms with E-state index in [4.69, 9.17) is 27.9 Å². The fraction of sp³-hybridized carbons (Fsp3) is 0.421. The summed E-state index contributed by atoms with van der Waals surface area (Å²) in [7, 11) is 2.13. The summed E-state index contributed by atoms with van der Waals surface area (Å²) in [6.07, 6.45) is 0.968. The van der Waals surface area contributed by atoms with E-state index < -0.39 is 0 Å². The second-order valence-electron chi connectivity index (χ2n) is 7.01. The predicted octanol–water partition coefficient (Wildman–Crippen LogP) is 3.64. The predicted molar refractivity (Wildman–Crippen MR) is 110 cm³/mol. The molecule has 0 saturated carbocycles. The minimum absolute atomic E-state index is 0.0670. The molecule has 8 heteroatoms. The van der Waals surface area contributed by atoms with Crippen LogP contribution in [0.15, 0.2) is 24.3 Å². The van der Waals surface area contributed by atoms with Gasteiger partial charge in [-0.25, -0.2) is 0 Å².